The monoisotopic (exact) mass is 298 g/mol. The van der Waals surface area contributed by atoms with Crippen LogP contribution in [-0.2, 0) is 6.54 Å². The number of primary amides is 1. The molecule has 114 valence electrons. The second-order valence-corrected chi connectivity index (χ2v) is 4.95. The maximum absolute atomic E-state index is 12.4. The summed E-state index contributed by atoms with van der Waals surface area (Å²) in [5.41, 5.74) is 7.14. The number of hydrogen-bond donors (Lipinski definition) is 1. The second kappa shape index (κ2) is 6.76. The predicted molar refractivity (Wildman–Crippen MR) is 83.8 cm³/mol. The van der Waals surface area contributed by atoms with Crippen LogP contribution in [0.1, 0.15) is 26.3 Å². The first kappa shape index (κ1) is 15.6. The number of hydrogen-bond acceptors (Lipinski definition) is 3. The fourth-order valence-electron chi connectivity index (χ4n) is 2.10. The molecule has 2 aromatic rings. The fraction of sp³-hybridized carbons (Fsp3) is 0.176. The van der Waals surface area contributed by atoms with Crippen LogP contribution in [0.2, 0.25) is 0 Å². The van der Waals surface area contributed by atoms with Crippen molar-refractivity contribution in [1.82, 2.24) is 4.90 Å². The van der Waals surface area contributed by atoms with Crippen LogP contribution in [0, 0.1) is 0 Å². The standard InChI is InChI=1S/C17H18N2O3/c1-19(11-12-6-8-13(9-7-12)16(18)20)17(21)14-4-3-5-15(10-14)22-2/h3-10H,11H2,1-2H3,(H2,18,20). The summed E-state index contributed by atoms with van der Waals surface area (Å²) in [6.07, 6.45) is 0. The van der Waals surface area contributed by atoms with Gasteiger partial charge in [-0.25, -0.2) is 0 Å². The summed E-state index contributed by atoms with van der Waals surface area (Å²) >= 11 is 0. The van der Waals surface area contributed by atoms with E-state index in [0.29, 0.717) is 23.4 Å². The molecule has 2 aromatic carbocycles. The zero-order chi connectivity index (χ0) is 16.1. The van der Waals surface area contributed by atoms with E-state index < -0.39 is 5.91 Å². The molecule has 2 amide bonds. The van der Waals surface area contributed by atoms with Crippen molar-refractivity contribution in [2.45, 2.75) is 6.54 Å². The Kier molecular flexibility index (Phi) is 4.78. The number of amides is 2. The van der Waals surface area contributed by atoms with E-state index in [1.165, 1.54) is 0 Å². The summed E-state index contributed by atoms with van der Waals surface area (Å²) in [6, 6.07) is 13.9. The largest absolute Gasteiger partial charge is 0.497 e. The van der Waals surface area contributed by atoms with E-state index in [4.69, 9.17) is 10.5 Å². The van der Waals surface area contributed by atoms with Gasteiger partial charge < -0.3 is 15.4 Å². The van der Waals surface area contributed by atoms with E-state index in [9.17, 15) is 9.59 Å². The molecule has 0 spiro atoms. The molecule has 0 heterocycles. The molecule has 0 aliphatic rings. The predicted octanol–water partition coefficient (Wildman–Crippen LogP) is 2.07. The number of carbonyl (C=O) groups is 2. The molecule has 0 saturated heterocycles. The highest BCUT2D eigenvalue weighted by Crippen LogP contribution is 2.15. The van der Waals surface area contributed by atoms with Crippen LogP contribution < -0.4 is 10.5 Å². The Hall–Kier alpha value is -2.82. The minimum absolute atomic E-state index is 0.0992. The lowest BCUT2D eigenvalue weighted by atomic mass is 10.1. The summed E-state index contributed by atoms with van der Waals surface area (Å²) in [7, 11) is 3.29. The zero-order valence-electron chi connectivity index (χ0n) is 12.6. The lowest BCUT2D eigenvalue weighted by Gasteiger charge is -2.18. The van der Waals surface area contributed by atoms with Gasteiger partial charge in [0.15, 0.2) is 0 Å². The van der Waals surface area contributed by atoms with Crippen molar-refractivity contribution in [3.05, 3.63) is 65.2 Å². The van der Waals surface area contributed by atoms with Gasteiger partial charge in [0.25, 0.3) is 5.91 Å². The van der Waals surface area contributed by atoms with Crippen molar-refractivity contribution in [2.75, 3.05) is 14.2 Å². The summed E-state index contributed by atoms with van der Waals surface area (Å²) in [4.78, 5) is 25.0. The van der Waals surface area contributed by atoms with E-state index in [0.717, 1.165) is 5.56 Å². The normalized spacial score (nSPS) is 10.1. The first-order valence-corrected chi connectivity index (χ1v) is 6.79. The van der Waals surface area contributed by atoms with Gasteiger partial charge in [0, 0.05) is 24.7 Å². The Balaban J connectivity index is 2.08. The average Bonchev–Trinajstić information content (AvgIpc) is 2.54. The third-order valence-corrected chi connectivity index (χ3v) is 3.32. The minimum atomic E-state index is -0.465. The molecule has 0 bridgehead atoms. The van der Waals surface area contributed by atoms with Gasteiger partial charge in [-0.2, -0.15) is 0 Å². The van der Waals surface area contributed by atoms with Crippen LogP contribution in [-0.4, -0.2) is 30.9 Å². The molecule has 5 nitrogen and oxygen atoms in total. The Labute approximate surface area is 129 Å². The Bertz CT molecular complexity index is 681. The van der Waals surface area contributed by atoms with Crippen LogP contribution in [0.15, 0.2) is 48.5 Å². The molecule has 0 aromatic heterocycles. The topological polar surface area (TPSA) is 72.6 Å². The van der Waals surface area contributed by atoms with Gasteiger partial charge in [0.2, 0.25) is 5.91 Å². The highest BCUT2D eigenvalue weighted by atomic mass is 16.5. The summed E-state index contributed by atoms with van der Waals surface area (Å²) in [5.74, 6) is 0.0790. The number of ether oxygens (including phenoxy) is 1. The van der Waals surface area contributed by atoms with Crippen molar-refractivity contribution >= 4 is 11.8 Å². The molecule has 0 atom stereocenters. The fourth-order valence-corrected chi connectivity index (χ4v) is 2.10. The smallest absolute Gasteiger partial charge is 0.254 e. The average molecular weight is 298 g/mol. The molecule has 22 heavy (non-hydrogen) atoms. The molecular formula is C17H18N2O3. The molecule has 0 aliphatic heterocycles. The summed E-state index contributed by atoms with van der Waals surface area (Å²) < 4.78 is 5.12. The van der Waals surface area contributed by atoms with Crippen LogP contribution in [0.5, 0.6) is 5.75 Å². The van der Waals surface area contributed by atoms with Crippen LogP contribution in [0.25, 0.3) is 0 Å². The van der Waals surface area contributed by atoms with Crippen LogP contribution in [0.3, 0.4) is 0 Å². The van der Waals surface area contributed by atoms with Gasteiger partial charge in [-0.1, -0.05) is 18.2 Å². The minimum Gasteiger partial charge on any atom is -0.497 e. The van der Waals surface area contributed by atoms with Crippen molar-refractivity contribution in [3.63, 3.8) is 0 Å². The quantitative estimate of drug-likeness (QED) is 0.918. The van der Waals surface area contributed by atoms with Gasteiger partial charge >= 0.3 is 0 Å². The Morgan fingerprint density at radius 2 is 1.77 bits per heavy atom. The third-order valence-electron chi connectivity index (χ3n) is 3.32. The van der Waals surface area contributed by atoms with Crippen LogP contribution >= 0.6 is 0 Å². The molecule has 0 saturated carbocycles. The first-order valence-electron chi connectivity index (χ1n) is 6.79. The first-order chi connectivity index (χ1) is 10.5. The SMILES string of the molecule is COc1cccc(C(=O)N(C)Cc2ccc(C(N)=O)cc2)c1. The lowest BCUT2D eigenvalue weighted by Crippen LogP contribution is -2.26. The maximum Gasteiger partial charge on any atom is 0.254 e. The molecule has 0 unspecified atom stereocenters. The number of nitrogens with two attached hydrogens (primary N) is 1. The van der Waals surface area contributed by atoms with E-state index in [1.807, 2.05) is 0 Å². The van der Waals surface area contributed by atoms with Gasteiger partial charge in [0.05, 0.1) is 7.11 Å². The van der Waals surface area contributed by atoms with Crippen molar-refractivity contribution in [1.29, 1.82) is 0 Å². The molecule has 2 rings (SSSR count). The zero-order valence-corrected chi connectivity index (χ0v) is 12.6. The second-order valence-electron chi connectivity index (χ2n) is 4.95. The van der Waals surface area contributed by atoms with Gasteiger partial charge in [-0.05, 0) is 35.9 Å². The number of carbonyl (C=O) groups excluding carboxylic acids is 2. The highest BCUT2D eigenvalue weighted by Gasteiger charge is 2.13. The van der Waals surface area contributed by atoms with E-state index in [1.54, 1.807) is 67.6 Å². The van der Waals surface area contributed by atoms with Crippen molar-refractivity contribution in [3.8, 4) is 5.75 Å². The maximum atomic E-state index is 12.4. The summed E-state index contributed by atoms with van der Waals surface area (Å²) in [5, 5.41) is 0. The van der Waals surface area contributed by atoms with Gasteiger partial charge in [-0.3, -0.25) is 9.59 Å². The number of methoxy groups -OCH3 is 1. The summed E-state index contributed by atoms with van der Waals surface area (Å²) in [6.45, 7) is 0.440. The van der Waals surface area contributed by atoms with Crippen molar-refractivity contribution < 1.29 is 14.3 Å². The molecule has 0 radical (unpaired) electrons. The van der Waals surface area contributed by atoms with Gasteiger partial charge in [-0.15, -0.1) is 0 Å². The van der Waals surface area contributed by atoms with E-state index in [-0.39, 0.29) is 5.91 Å². The van der Waals surface area contributed by atoms with Crippen LogP contribution in [0.4, 0.5) is 0 Å². The Morgan fingerprint density at radius 3 is 2.36 bits per heavy atom. The molecule has 0 aliphatic carbocycles. The number of nitrogens with zero attached hydrogens (tertiary/aromatic N) is 1. The Morgan fingerprint density at radius 1 is 1.09 bits per heavy atom. The molecular weight excluding hydrogens is 280 g/mol. The molecule has 5 heteroatoms. The van der Waals surface area contributed by atoms with Crippen molar-refractivity contribution in [2.24, 2.45) is 5.73 Å². The number of rotatable bonds is 5. The molecule has 0 fully saturated rings. The van der Waals surface area contributed by atoms with E-state index in [2.05, 4.69) is 0 Å². The van der Waals surface area contributed by atoms with Gasteiger partial charge in [0.1, 0.15) is 5.75 Å². The molecule has 2 N–H and O–H groups in total. The van der Waals surface area contributed by atoms with E-state index >= 15 is 0 Å². The third kappa shape index (κ3) is 3.63. The lowest BCUT2D eigenvalue weighted by molar-refractivity contribution is 0.0784. The highest BCUT2D eigenvalue weighted by molar-refractivity contribution is 5.94. The number of benzene rings is 2.